The molecule has 0 amide bonds. The number of aromatic nitrogens is 2. The summed E-state index contributed by atoms with van der Waals surface area (Å²) in [6.07, 6.45) is 0.527. The van der Waals surface area contributed by atoms with Gasteiger partial charge in [0.05, 0.1) is 7.11 Å². The summed E-state index contributed by atoms with van der Waals surface area (Å²) in [6.45, 7) is 5.19. The molecule has 0 saturated carbocycles. The summed E-state index contributed by atoms with van der Waals surface area (Å²) in [5, 5.41) is 0. The molecule has 1 aromatic rings. The molecule has 1 atom stereocenters. The van der Waals surface area contributed by atoms with Crippen LogP contribution in [0.15, 0.2) is 12.3 Å². The highest BCUT2D eigenvalue weighted by atomic mass is 16.6. The van der Waals surface area contributed by atoms with Gasteiger partial charge in [0.15, 0.2) is 5.69 Å². The molecular weight excluding hydrogens is 236 g/mol. The molecule has 0 aliphatic heterocycles. The highest BCUT2D eigenvalue weighted by molar-refractivity contribution is 5.89. The minimum Gasteiger partial charge on any atom is -0.466 e. The van der Waals surface area contributed by atoms with Gasteiger partial charge in [-0.2, -0.15) is 0 Å². The Kier molecular flexibility index (Phi) is 4.76. The lowest BCUT2D eigenvalue weighted by Crippen LogP contribution is -2.33. The van der Waals surface area contributed by atoms with Crippen LogP contribution in [0.3, 0.4) is 0 Å². The van der Waals surface area contributed by atoms with Crippen molar-refractivity contribution in [2.24, 2.45) is 5.92 Å². The zero-order valence-electron chi connectivity index (χ0n) is 10.8. The largest absolute Gasteiger partial charge is 0.466 e. The van der Waals surface area contributed by atoms with Crippen LogP contribution in [-0.4, -0.2) is 35.1 Å². The molecule has 0 saturated heterocycles. The van der Waals surface area contributed by atoms with Crippen LogP contribution in [0.5, 0.6) is 0 Å². The molecule has 18 heavy (non-hydrogen) atoms. The number of esters is 2. The van der Waals surface area contributed by atoms with E-state index in [2.05, 4.69) is 14.7 Å². The van der Waals surface area contributed by atoms with Gasteiger partial charge in [0.2, 0.25) is 6.10 Å². The van der Waals surface area contributed by atoms with E-state index < -0.39 is 18.0 Å². The predicted octanol–water partition coefficient (Wildman–Crippen LogP) is 1.14. The van der Waals surface area contributed by atoms with Crippen LogP contribution in [0.4, 0.5) is 0 Å². The number of hydrogen-bond donors (Lipinski definition) is 0. The fourth-order valence-corrected chi connectivity index (χ4v) is 1.32. The van der Waals surface area contributed by atoms with Crippen molar-refractivity contribution in [1.82, 2.24) is 9.97 Å². The third-order valence-electron chi connectivity index (χ3n) is 2.26. The standard InChI is InChI=1S/C12H16N2O4/c1-7(2)10(12(16)17-4)18-11(15)9-5-6-13-8(3)14-9/h5-7,10H,1-4H3/t10-/m0/s1. The lowest BCUT2D eigenvalue weighted by Gasteiger charge is -2.18. The van der Waals surface area contributed by atoms with Gasteiger partial charge in [0.25, 0.3) is 0 Å². The molecule has 98 valence electrons. The molecule has 0 aromatic carbocycles. The van der Waals surface area contributed by atoms with E-state index in [0.717, 1.165) is 0 Å². The second kappa shape index (κ2) is 6.09. The highest BCUT2D eigenvalue weighted by Crippen LogP contribution is 2.11. The third kappa shape index (κ3) is 3.51. The van der Waals surface area contributed by atoms with E-state index in [-0.39, 0.29) is 11.6 Å². The van der Waals surface area contributed by atoms with Crippen molar-refractivity contribution in [3.8, 4) is 0 Å². The van der Waals surface area contributed by atoms with Gasteiger partial charge in [0, 0.05) is 12.1 Å². The lowest BCUT2D eigenvalue weighted by atomic mass is 10.1. The van der Waals surface area contributed by atoms with Crippen LogP contribution >= 0.6 is 0 Å². The third-order valence-corrected chi connectivity index (χ3v) is 2.26. The molecule has 0 spiro atoms. The summed E-state index contributed by atoms with van der Waals surface area (Å²) in [4.78, 5) is 31.1. The number of nitrogens with zero attached hydrogens (tertiary/aromatic N) is 2. The minimum absolute atomic E-state index is 0.122. The van der Waals surface area contributed by atoms with Gasteiger partial charge in [-0.15, -0.1) is 0 Å². The molecule has 1 heterocycles. The Morgan fingerprint density at radius 1 is 1.33 bits per heavy atom. The molecule has 0 aliphatic rings. The van der Waals surface area contributed by atoms with E-state index in [0.29, 0.717) is 5.82 Å². The van der Waals surface area contributed by atoms with E-state index in [1.54, 1.807) is 20.8 Å². The number of methoxy groups -OCH3 is 1. The first-order chi connectivity index (χ1) is 8.45. The first-order valence-corrected chi connectivity index (χ1v) is 5.54. The van der Waals surface area contributed by atoms with Crippen molar-refractivity contribution >= 4 is 11.9 Å². The number of ether oxygens (including phenoxy) is 2. The minimum atomic E-state index is -0.933. The van der Waals surface area contributed by atoms with Gasteiger partial charge < -0.3 is 9.47 Å². The predicted molar refractivity (Wildman–Crippen MR) is 62.8 cm³/mol. The van der Waals surface area contributed by atoms with Crippen molar-refractivity contribution in [3.05, 3.63) is 23.8 Å². The average Bonchev–Trinajstić information content (AvgIpc) is 2.34. The Morgan fingerprint density at radius 3 is 2.50 bits per heavy atom. The Labute approximate surface area is 105 Å². The van der Waals surface area contributed by atoms with Crippen molar-refractivity contribution in [2.45, 2.75) is 26.9 Å². The second-order valence-corrected chi connectivity index (χ2v) is 4.08. The van der Waals surface area contributed by atoms with Crippen LogP contribution in [0, 0.1) is 12.8 Å². The molecule has 0 aliphatic carbocycles. The SMILES string of the molecule is COC(=O)[C@@H](OC(=O)c1ccnc(C)n1)C(C)C. The molecule has 0 radical (unpaired) electrons. The van der Waals surface area contributed by atoms with Gasteiger partial charge in [-0.25, -0.2) is 19.6 Å². The Morgan fingerprint density at radius 2 is 2.00 bits per heavy atom. The normalized spacial score (nSPS) is 12.1. The van der Waals surface area contributed by atoms with E-state index in [9.17, 15) is 9.59 Å². The fourth-order valence-electron chi connectivity index (χ4n) is 1.32. The first kappa shape index (κ1) is 14.1. The summed E-state index contributed by atoms with van der Waals surface area (Å²) in [5.74, 6) is -0.957. The van der Waals surface area contributed by atoms with E-state index in [4.69, 9.17) is 4.74 Å². The first-order valence-electron chi connectivity index (χ1n) is 5.54. The van der Waals surface area contributed by atoms with Gasteiger partial charge in [-0.05, 0) is 13.0 Å². The topological polar surface area (TPSA) is 78.4 Å². The number of carbonyl (C=O) groups excluding carboxylic acids is 2. The second-order valence-electron chi connectivity index (χ2n) is 4.08. The van der Waals surface area contributed by atoms with Gasteiger partial charge in [-0.1, -0.05) is 13.8 Å². The molecule has 1 aromatic heterocycles. The van der Waals surface area contributed by atoms with Crippen molar-refractivity contribution in [1.29, 1.82) is 0 Å². The quantitative estimate of drug-likeness (QED) is 0.748. The zero-order chi connectivity index (χ0) is 13.7. The molecule has 6 nitrogen and oxygen atoms in total. The lowest BCUT2D eigenvalue weighted by molar-refractivity contribution is -0.153. The van der Waals surface area contributed by atoms with Crippen LogP contribution in [0.25, 0.3) is 0 Å². The van der Waals surface area contributed by atoms with Gasteiger partial charge in [0.1, 0.15) is 5.82 Å². The smallest absolute Gasteiger partial charge is 0.357 e. The Bertz CT molecular complexity index is 445. The monoisotopic (exact) mass is 252 g/mol. The number of aryl methyl sites for hydroxylation is 1. The summed E-state index contributed by atoms with van der Waals surface area (Å²) in [7, 11) is 1.25. The zero-order valence-corrected chi connectivity index (χ0v) is 10.8. The van der Waals surface area contributed by atoms with E-state index in [1.165, 1.54) is 19.4 Å². The van der Waals surface area contributed by atoms with Crippen LogP contribution < -0.4 is 0 Å². The summed E-state index contributed by atoms with van der Waals surface area (Å²) < 4.78 is 9.69. The molecule has 6 heteroatoms. The van der Waals surface area contributed by atoms with Gasteiger partial charge >= 0.3 is 11.9 Å². The van der Waals surface area contributed by atoms with Crippen LogP contribution in [0.2, 0.25) is 0 Å². The van der Waals surface area contributed by atoms with Gasteiger partial charge in [-0.3, -0.25) is 0 Å². The highest BCUT2D eigenvalue weighted by Gasteiger charge is 2.28. The Balaban J connectivity index is 2.82. The number of rotatable bonds is 4. The summed E-state index contributed by atoms with van der Waals surface area (Å²) in [6, 6.07) is 1.43. The summed E-state index contributed by atoms with van der Waals surface area (Å²) in [5.41, 5.74) is 0.122. The Hall–Kier alpha value is -1.98. The molecule has 0 fully saturated rings. The maximum absolute atomic E-state index is 11.8. The maximum atomic E-state index is 11.8. The fraction of sp³-hybridized carbons (Fsp3) is 0.500. The summed E-state index contributed by atoms with van der Waals surface area (Å²) >= 11 is 0. The van der Waals surface area contributed by atoms with Crippen LogP contribution in [0.1, 0.15) is 30.2 Å². The molecule has 0 bridgehead atoms. The van der Waals surface area contributed by atoms with Crippen molar-refractivity contribution in [3.63, 3.8) is 0 Å². The molecule has 0 unspecified atom stereocenters. The van der Waals surface area contributed by atoms with E-state index in [1.807, 2.05) is 0 Å². The average molecular weight is 252 g/mol. The molecular formula is C12H16N2O4. The number of carbonyl (C=O) groups is 2. The molecule has 1 rings (SSSR count). The van der Waals surface area contributed by atoms with Crippen molar-refractivity contribution < 1.29 is 19.1 Å². The van der Waals surface area contributed by atoms with Crippen molar-refractivity contribution in [2.75, 3.05) is 7.11 Å². The van der Waals surface area contributed by atoms with E-state index >= 15 is 0 Å². The van der Waals surface area contributed by atoms with Crippen LogP contribution in [-0.2, 0) is 14.3 Å². The maximum Gasteiger partial charge on any atom is 0.357 e. The number of hydrogen-bond acceptors (Lipinski definition) is 6. The molecule has 0 N–H and O–H groups in total.